The Balaban J connectivity index is 1.77. The summed E-state index contributed by atoms with van der Waals surface area (Å²) in [4.78, 5) is 20.8. The van der Waals surface area contributed by atoms with Crippen molar-refractivity contribution in [3.05, 3.63) is 71.1 Å². The first kappa shape index (κ1) is 30.1. The van der Waals surface area contributed by atoms with Crippen LogP contribution in [0, 0.1) is 35.3 Å². The van der Waals surface area contributed by atoms with Gasteiger partial charge in [0.25, 0.3) is 10.0 Å². The lowest BCUT2D eigenvalue weighted by atomic mass is 9.84. The lowest BCUT2D eigenvalue weighted by Crippen LogP contribution is -2.37. The van der Waals surface area contributed by atoms with Gasteiger partial charge in [-0.05, 0) is 49.3 Å². The first-order valence-electron chi connectivity index (χ1n) is 13.7. The van der Waals surface area contributed by atoms with E-state index in [0.717, 1.165) is 21.8 Å². The summed E-state index contributed by atoms with van der Waals surface area (Å²) in [6.45, 7) is 7.44. The van der Waals surface area contributed by atoms with Crippen molar-refractivity contribution < 1.29 is 26.7 Å². The number of hydrogen-bond donors (Lipinski definition) is 1. The smallest absolute Gasteiger partial charge is 0.307 e. The summed E-state index contributed by atoms with van der Waals surface area (Å²) in [5.41, 5.74) is 0.400. The van der Waals surface area contributed by atoms with Crippen molar-refractivity contribution in [1.29, 1.82) is 5.26 Å². The van der Waals surface area contributed by atoms with Crippen molar-refractivity contribution in [3.8, 4) is 17.3 Å². The summed E-state index contributed by atoms with van der Waals surface area (Å²) in [6.07, 6.45) is 3.36. The van der Waals surface area contributed by atoms with Gasteiger partial charge in [0.15, 0.2) is 17.3 Å². The van der Waals surface area contributed by atoms with Crippen LogP contribution in [0.4, 0.5) is 14.6 Å². The summed E-state index contributed by atoms with van der Waals surface area (Å²) in [6, 6.07) is 8.79. The molecule has 1 atom stereocenters. The molecule has 0 amide bonds. The Morgan fingerprint density at radius 1 is 1.23 bits per heavy atom. The summed E-state index contributed by atoms with van der Waals surface area (Å²) < 4.78 is 64.0. The molecule has 0 bridgehead atoms. The van der Waals surface area contributed by atoms with Crippen LogP contribution in [0.3, 0.4) is 0 Å². The van der Waals surface area contributed by atoms with Gasteiger partial charge in [-0.2, -0.15) is 5.26 Å². The fraction of sp³-hybridized carbons (Fsp3) is 0.355. The average Bonchev–Trinajstić information content (AvgIpc) is 3.72. The van der Waals surface area contributed by atoms with E-state index in [1.165, 1.54) is 25.4 Å². The SMILES string of the molecule is COC(=O)C[C@@H](Nc1nc(-c2cn(S(=O)(=O)c3ccc(C)cc3)c3ncc(F)cc23)c(C#N)c(C2CC2)c1F)C(C)(C)C. The van der Waals surface area contributed by atoms with Gasteiger partial charge in [-0.1, -0.05) is 38.5 Å². The number of aromatic nitrogens is 3. The number of benzene rings is 1. The maximum Gasteiger partial charge on any atom is 0.307 e. The molecule has 3 heterocycles. The highest BCUT2D eigenvalue weighted by atomic mass is 32.2. The molecule has 1 aliphatic rings. The molecule has 1 saturated carbocycles. The molecule has 5 rings (SSSR count). The number of anilines is 1. The van der Waals surface area contributed by atoms with E-state index in [1.807, 2.05) is 27.7 Å². The van der Waals surface area contributed by atoms with Crippen LogP contribution in [0.5, 0.6) is 0 Å². The molecule has 1 fully saturated rings. The fourth-order valence-electron chi connectivity index (χ4n) is 4.98. The largest absolute Gasteiger partial charge is 0.469 e. The number of ether oxygens (including phenoxy) is 1. The molecule has 224 valence electrons. The minimum atomic E-state index is -4.21. The molecule has 0 saturated heterocycles. The van der Waals surface area contributed by atoms with Crippen LogP contribution in [0.2, 0.25) is 0 Å². The zero-order chi connectivity index (χ0) is 31.3. The molecular formula is C31H31F2N5O4S. The number of rotatable bonds is 8. The molecule has 0 spiro atoms. The van der Waals surface area contributed by atoms with Crippen LogP contribution < -0.4 is 5.32 Å². The molecule has 0 radical (unpaired) electrons. The number of carbonyl (C=O) groups excluding carboxylic acids is 1. The summed E-state index contributed by atoms with van der Waals surface area (Å²) in [5, 5.41) is 13.4. The second kappa shape index (κ2) is 11.0. The van der Waals surface area contributed by atoms with E-state index in [0.29, 0.717) is 12.8 Å². The van der Waals surface area contributed by atoms with E-state index >= 15 is 4.39 Å². The standard InChI is InChI=1S/C31H31F2N5O4S/c1-17-6-10-20(11-7-17)43(40,41)38-16-23(21-12-19(32)15-35-30(21)38)28-22(14-34)26(18-8-9-18)27(33)29(37-28)36-24(31(2,3)4)13-25(39)42-5/h6-7,10-12,15-16,18,24H,8-9,13H2,1-5H3,(H,36,37)/t24-/m1/s1. The first-order chi connectivity index (χ1) is 20.3. The second-order valence-corrected chi connectivity index (χ2v) is 13.6. The Bertz CT molecular complexity index is 1890. The molecule has 4 aromatic rings. The van der Waals surface area contributed by atoms with E-state index in [4.69, 9.17) is 4.74 Å². The van der Waals surface area contributed by atoms with E-state index in [2.05, 4.69) is 21.4 Å². The number of halogens is 2. The highest BCUT2D eigenvalue weighted by molar-refractivity contribution is 7.90. The Hall–Kier alpha value is -4.37. The minimum absolute atomic E-state index is 0.0166. The van der Waals surface area contributed by atoms with Crippen LogP contribution in [-0.2, 0) is 19.6 Å². The quantitative estimate of drug-likeness (QED) is 0.240. The van der Waals surface area contributed by atoms with Gasteiger partial charge in [0.1, 0.15) is 11.9 Å². The Labute approximate surface area is 248 Å². The van der Waals surface area contributed by atoms with Gasteiger partial charge >= 0.3 is 5.97 Å². The number of nitriles is 1. The third kappa shape index (κ3) is 5.69. The molecule has 43 heavy (non-hydrogen) atoms. The molecule has 1 aliphatic carbocycles. The van der Waals surface area contributed by atoms with Crippen LogP contribution in [-0.4, -0.2) is 41.5 Å². The van der Waals surface area contributed by atoms with Crippen molar-refractivity contribution in [1.82, 2.24) is 13.9 Å². The monoisotopic (exact) mass is 607 g/mol. The predicted molar refractivity (Wildman–Crippen MR) is 157 cm³/mol. The predicted octanol–water partition coefficient (Wildman–Crippen LogP) is 6.06. The molecule has 3 aromatic heterocycles. The lowest BCUT2D eigenvalue weighted by Gasteiger charge is -2.31. The zero-order valence-electron chi connectivity index (χ0n) is 24.4. The van der Waals surface area contributed by atoms with E-state index in [9.17, 15) is 22.9 Å². The van der Waals surface area contributed by atoms with Crippen LogP contribution in [0.15, 0.2) is 47.6 Å². The average molecular weight is 608 g/mol. The summed E-state index contributed by atoms with van der Waals surface area (Å²) in [7, 11) is -2.95. The molecule has 9 nitrogen and oxygen atoms in total. The number of nitrogens with zero attached hydrogens (tertiary/aromatic N) is 4. The number of hydrogen-bond acceptors (Lipinski definition) is 8. The van der Waals surface area contributed by atoms with E-state index in [-0.39, 0.29) is 56.5 Å². The number of aryl methyl sites for hydroxylation is 1. The van der Waals surface area contributed by atoms with Gasteiger partial charge in [0.2, 0.25) is 0 Å². The van der Waals surface area contributed by atoms with Crippen LogP contribution in [0.1, 0.15) is 62.6 Å². The third-order valence-corrected chi connectivity index (χ3v) is 9.30. The number of pyridine rings is 2. The summed E-state index contributed by atoms with van der Waals surface area (Å²) >= 11 is 0. The fourth-order valence-corrected chi connectivity index (χ4v) is 6.30. The lowest BCUT2D eigenvalue weighted by molar-refractivity contribution is -0.141. The van der Waals surface area contributed by atoms with Gasteiger partial charge in [-0.25, -0.2) is 31.1 Å². The van der Waals surface area contributed by atoms with E-state index in [1.54, 1.807) is 12.1 Å². The normalized spacial score (nSPS) is 14.4. The zero-order valence-corrected chi connectivity index (χ0v) is 25.2. The Kier molecular flexibility index (Phi) is 7.73. The number of methoxy groups -OCH3 is 1. The number of esters is 1. The van der Waals surface area contributed by atoms with Crippen molar-refractivity contribution >= 4 is 32.8 Å². The van der Waals surface area contributed by atoms with Crippen LogP contribution >= 0.6 is 0 Å². The van der Waals surface area contributed by atoms with Gasteiger partial charge in [-0.3, -0.25) is 4.79 Å². The Morgan fingerprint density at radius 3 is 2.49 bits per heavy atom. The topological polar surface area (TPSA) is 127 Å². The summed E-state index contributed by atoms with van der Waals surface area (Å²) in [5.74, 6) is -2.40. The third-order valence-electron chi connectivity index (χ3n) is 7.64. The van der Waals surface area contributed by atoms with Gasteiger partial charge in [0.05, 0.1) is 35.9 Å². The number of carbonyl (C=O) groups is 1. The van der Waals surface area contributed by atoms with Crippen molar-refractivity contribution in [2.24, 2.45) is 5.41 Å². The molecule has 1 aromatic carbocycles. The molecule has 1 N–H and O–H groups in total. The molecule has 12 heteroatoms. The van der Waals surface area contributed by atoms with Gasteiger partial charge < -0.3 is 10.1 Å². The molecular weight excluding hydrogens is 576 g/mol. The maximum absolute atomic E-state index is 16.1. The maximum atomic E-state index is 16.1. The highest BCUT2D eigenvalue weighted by Crippen LogP contribution is 2.47. The van der Waals surface area contributed by atoms with Gasteiger partial charge in [-0.15, -0.1) is 0 Å². The highest BCUT2D eigenvalue weighted by Gasteiger charge is 2.36. The molecule has 0 unspecified atom stereocenters. The van der Waals surface area contributed by atoms with Crippen molar-refractivity contribution in [3.63, 3.8) is 0 Å². The van der Waals surface area contributed by atoms with Crippen molar-refractivity contribution in [2.75, 3.05) is 12.4 Å². The number of fused-ring (bicyclic) bond motifs is 1. The minimum Gasteiger partial charge on any atom is -0.469 e. The van der Waals surface area contributed by atoms with Crippen LogP contribution in [0.25, 0.3) is 22.3 Å². The van der Waals surface area contributed by atoms with Gasteiger partial charge in [0, 0.05) is 28.8 Å². The van der Waals surface area contributed by atoms with E-state index < -0.39 is 39.1 Å². The molecule has 0 aliphatic heterocycles. The Morgan fingerprint density at radius 2 is 1.91 bits per heavy atom. The first-order valence-corrected chi connectivity index (χ1v) is 15.2. The van der Waals surface area contributed by atoms with Crippen molar-refractivity contribution in [2.45, 2.75) is 63.8 Å². The second-order valence-electron chi connectivity index (χ2n) is 11.8. The number of nitrogens with one attached hydrogen (secondary N) is 1.